The first-order valence-corrected chi connectivity index (χ1v) is 5.63. The van der Waals surface area contributed by atoms with Crippen LogP contribution in [0.25, 0.3) is 0 Å². The van der Waals surface area contributed by atoms with Gasteiger partial charge in [-0.1, -0.05) is 0 Å². The predicted octanol–water partition coefficient (Wildman–Crippen LogP) is 0.292. The van der Waals surface area contributed by atoms with Gasteiger partial charge in [-0.25, -0.2) is 0 Å². The molecule has 2 nitrogen and oxygen atoms in total. The summed E-state index contributed by atoms with van der Waals surface area (Å²) in [5, 5.41) is 19.1. The summed E-state index contributed by atoms with van der Waals surface area (Å²) in [4.78, 5) is 0. The molecule has 9 heavy (non-hydrogen) atoms. The Morgan fingerprint density at radius 3 is 1.67 bits per heavy atom. The summed E-state index contributed by atoms with van der Waals surface area (Å²) in [6, 6.07) is 0. The fraction of sp³-hybridized carbons (Fsp3) is 1.00. The standard InChI is InChI=1S/C6H14O2Se/c7-3-1-5-9-6-2-4-8/h7-8H,1-6H2. The van der Waals surface area contributed by atoms with Crippen molar-refractivity contribution >= 4 is 15.0 Å². The molecule has 0 heterocycles. The van der Waals surface area contributed by atoms with Gasteiger partial charge in [0.2, 0.25) is 0 Å². The Morgan fingerprint density at radius 2 is 1.33 bits per heavy atom. The molecule has 2 N–H and O–H groups in total. The van der Waals surface area contributed by atoms with E-state index in [4.69, 9.17) is 10.2 Å². The van der Waals surface area contributed by atoms with Crippen LogP contribution in [-0.4, -0.2) is 38.4 Å². The second-order valence-electron chi connectivity index (χ2n) is 1.77. The minimum atomic E-state index is 0.320. The first-order chi connectivity index (χ1) is 4.41. The van der Waals surface area contributed by atoms with Crippen LogP contribution in [-0.2, 0) is 0 Å². The Bertz CT molecular complexity index is 44.3. The van der Waals surface area contributed by atoms with Crippen molar-refractivity contribution in [2.45, 2.75) is 23.5 Å². The molecule has 0 spiro atoms. The van der Waals surface area contributed by atoms with E-state index in [1.807, 2.05) is 0 Å². The van der Waals surface area contributed by atoms with Crippen LogP contribution in [0.4, 0.5) is 0 Å². The zero-order valence-corrected chi connectivity index (χ0v) is 7.26. The minimum absolute atomic E-state index is 0.320. The Labute approximate surface area is 62.4 Å². The summed E-state index contributed by atoms with van der Waals surface area (Å²) in [7, 11) is 0. The molecule has 0 aromatic heterocycles. The van der Waals surface area contributed by atoms with Crippen molar-refractivity contribution < 1.29 is 10.2 Å². The third kappa shape index (κ3) is 8.44. The van der Waals surface area contributed by atoms with Crippen molar-refractivity contribution in [1.82, 2.24) is 0 Å². The SMILES string of the molecule is OCCC[Se]CCCO. The fourth-order valence-corrected chi connectivity index (χ4v) is 2.26. The molecule has 0 aliphatic carbocycles. The van der Waals surface area contributed by atoms with Gasteiger partial charge in [0, 0.05) is 0 Å². The van der Waals surface area contributed by atoms with Crippen LogP contribution in [0, 0.1) is 0 Å². The molecule has 0 amide bonds. The van der Waals surface area contributed by atoms with Gasteiger partial charge in [0.15, 0.2) is 0 Å². The van der Waals surface area contributed by atoms with E-state index in [9.17, 15) is 0 Å². The first-order valence-electron chi connectivity index (χ1n) is 3.21. The Hall–Kier alpha value is 0.439. The summed E-state index contributed by atoms with van der Waals surface area (Å²) in [5.74, 6) is 0. The third-order valence-corrected chi connectivity index (χ3v) is 3.32. The van der Waals surface area contributed by atoms with Crippen molar-refractivity contribution in [3.8, 4) is 0 Å². The molecule has 0 rings (SSSR count). The summed E-state index contributed by atoms with van der Waals surface area (Å²) < 4.78 is 0. The number of hydrogen-bond acceptors (Lipinski definition) is 2. The van der Waals surface area contributed by atoms with E-state index in [1.54, 1.807) is 0 Å². The molecule has 0 aliphatic heterocycles. The van der Waals surface area contributed by atoms with Gasteiger partial charge in [0.1, 0.15) is 0 Å². The van der Waals surface area contributed by atoms with Crippen LogP contribution in [0.15, 0.2) is 0 Å². The van der Waals surface area contributed by atoms with E-state index in [0.29, 0.717) is 28.2 Å². The van der Waals surface area contributed by atoms with Crippen molar-refractivity contribution in [3.63, 3.8) is 0 Å². The number of rotatable bonds is 6. The number of hydrogen-bond donors (Lipinski definition) is 2. The zero-order chi connectivity index (χ0) is 6.95. The quantitative estimate of drug-likeness (QED) is 0.474. The van der Waals surface area contributed by atoms with Gasteiger partial charge in [-0.2, -0.15) is 0 Å². The van der Waals surface area contributed by atoms with Crippen molar-refractivity contribution in [1.29, 1.82) is 0 Å². The first kappa shape index (κ1) is 9.44. The molecule has 0 unspecified atom stereocenters. The van der Waals surface area contributed by atoms with Crippen LogP contribution in [0.2, 0.25) is 10.6 Å². The molecule has 56 valence electrons. The zero-order valence-electron chi connectivity index (χ0n) is 5.55. The molecule has 0 saturated carbocycles. The summed E-state index contributed by atoms with van der Waals surface area (Å²) in [6.07, 6.45) is 1.87. The molecule has 0 radical (unpaired) electrons. The Morgan fingerprint density at radius 1 is 0.889 bits per heavy atom. The molecule has 0 fully saturated rings. The van der Waals surface area contributed by atoms with Gasteiger partial charge in [0.25, 0.3) is 0 Å². The van der Waals surface area contributed by atoms with E-state index in [1.165, 1.54) is 0 Å². The van der Waals surface area contributed by atoms with E-state index in [0.717, 1.165) is 23.5 Å². The monoisotopic (exact) mass is 198 g/mol. The van der Waals surface area contributed by atoms with Gasteiger partial charge in [0.05, 0.1) is 0 Å². The molecule has 0 aliphatic rings. The number of aliphatic hydroxyl groups is 2. The van der Waals surface area contributed by atoms with Gasteiger partial charge >= 0.3 is 61.9 Å². The predicted molar refractivity (Wildman–Crippen MR) is 38.8 cm³/mol. The topological polar surface area (TPSA) is 40.5 Å². The molecule has 0 saturated heterocycles. The van der Waals surface area contributed by atoms with Crippen molar-refractivity contribution in [2.75, 3.05) is 13.2 Å². The summed E-state index contributed by atoms with van der Waals surface area (Å²) in [5.41, 5.74) is 0. The molecular weight excluding hydrogens is 183 g/mol. The van der Waals surface area contributed by atoms with Gasteiger partial charge in [-0.15, -0.1) is 0 Å². The molecule has 0 aromatic carbocycles. The average Bonchev–Trinajstić information content (AvgIpc) is 1.89. The van der Waals surface area contributed by atoms with Crippen LogP contribution in [0.3, 0.4) is 0 Å². The molecule has 3 heteroatoms. The second kappa shape index (κ2) is 8.44. The maximum absolute atomic E-state index is 8.38. The molecular formula is C6H14O2Se. The summed E-state index contributed by atoms with van der Waals surface area (Å²) in [6.45, 7) is 0.641. The third-order valence-electron chi connectivity index (χ3n) is 0.894. The van der Waals surface area contributed by atoms with Gasteiger partial charge in [-0.3, -0.25) is 0 Å². The van der Waals surface area contributed by atoms with E-state index >= 15 is 0 Å². The van der Waals surface area contributed by atoms with E-state index in [2.05, 4.69) is 0 Å². The number of aliphatic hydroxyl groups excluding tert-OH is 2. The second-order valence-corrected chi connectivity index (χ2v) is 4.34. The van der Waals surface area contributed by atoms with Crippen LogP contribution >= 0.6 is 0 Å². The van der Waals surface area contributed by atoms with Gasteiger partial charge < -0.3 is 0 Å². The van der Waals surface area contributed by atoms with Crippen LogP contribution in [0.5, 0.6) is 0 Å². The molecule has 0 bridgehead atoms. The normalized spacial score (nSPS) is 10.0. The summed E-state index contributed by atoms with van der Waals surface area (Å²) >= 11 is 0.658. The van der Waals surface area contributed by atoms with Crippen LogP contribution in [0.1, 0.15) is 12.8 Å². The van der Waals surface area contributed by atoms with Crippen LogP contribution < -0.4 is 0 Å². The Kier molecular flexibility index (Phi) is 8.85. The maximum atomic E-state index is 8.38. The van der Waals surface area contributed by atoms with Crippen molar-refractivity contribution in [3.05, 3.63) is 0 Å². The van der Waals surface area contributed by atoms with E-state index in [-0.39, 0.29) is 0 Å². The molecule has 0 aromatic rings. The fourth-order valence-electron chi connectivity index (χ4n) is 0.435. The molecule has 0 atom stereocenters. The van der Waals surface area contributed by atoms with Gasteiger partial charge in [-0.05, 0) is 0 Å². The van der Waals surface area contributed by atoms with E-state index < -0.39 is 0 Å². The Balaban J connectivity index is 2.60. The average molecular weight is 197 g/mol. The van der Waals surface area contributed by atoms with Crippen molar-refractivity contribution in [2.24, 2.45) is 0 Å².